The topological polar surface area (TPSA) is 58.6 Å². The quantitative estimate of drug-likeness (QED) is 0.892. The van der Waals surface area contributed by atoms with E-state index in [0.29, 0.717) is 28.4 Å². The monoisotopic (exact) mass is 305 g/mol. The van der Waals surface area contributed by atoms with Crippen LogP contribution in [0.2, 0.25) is 5.02 Å². The van der Waals surface area contributed by atoms with Gasteiger partial charge in [0.1, 0.15) is 5.75 Å². The van der Waals surface area contributed by atoms with E-state index < -0.39 is 0 Å². The number of anilines is 1. The molecule has 0 aliphatic heterocycles. The summed E-state index contributed by atoms with van der Waals surface area (Å²) >= 11 is 5.92. The van der Waals surface area contributed by atoms with E-state index in [1.165, 1.54) is 7.11 Å². The molecule has 0 atom stereocenters. The Labute approximate surface area is 128 Å². The maximum absolute atomic E-state index is 12.3. The van der Waals surface area contributed by atoms with Crippen molar-refractivity contribution in [1.82, 2.24) is 0 Å². The van der Waals surface area contributed by atoms with E-state index in [1.54, 1.807) is 30.3 Å². The number of ether oxygens (including phenoxy) is 1. The lowest BCUT2D eigenvalue weighted by atomic mass is 10.1. The first-order valence-corrected chi connectivity index (χ1v) is 6.86. The summed E-state index contributed by atoms with van der Waals surface area (Å²) in [5, 5.41) is 12.1. The zero-order valence-corrected chi connectivity index (χ0v) is 12.4. The van der Waals surface area contributed by atoms with E-state index >= 15 is 0 Å². The fourth-order valence-electron chi connectivity index (χ4n) is 1.94. The van der Waals surface area contributed by atoms with E-state index in [-0.39, 0.29) is 12.5 Å². The van der Waals surface area contributed by atoms with Crippen molar-refractivity contribution in [1.29, 1.82) is 0 Å². The van der Waals surface area contributed by atoms with Gasteiger partial charge in [-0.1, -0.05) is 23.7 Å². The van der Waals surface area contributed by atoms with Gasteiger partial charge in [0.2, 0.25) is 0 Å². The molecular formula is C16H16ClNO3. The van der Waals surface area contributed by atoms with Gasteiger partial charge in [-0.05, 0) is 42.3 Å². The Hall–Kier alpha value is -2.04. The summed E-state index contributed by atoms with van der Waals surface area (Å²) in [6.45, 7) is 0.103. The van der Waals surface area contributed by atoms with Crippen LogP contribution in [0.4, 0.5) is 5.69 Å². The van der Waals surface area contributed by atoms with E-state index in [4.69, 9.17) is 21.4 Å². The average Bonchev–Trinajstić information content (AvgIpc) is 2.49. The molecule has 0 fully saturated rings. The highest BCUT2D eigenvalue weighted by atomic mass is 35.5. The molecule has 0 saturated carbocycles. The summed E-state index contributed by atoms with van der Waals surface area (Å²) < 4.78 is 5.16. The zero-order chi connectivity index (χ0) is 15.2. The Morgan fingerprint density at radius 1 is 1.24 bits per heavy atom. The largest absolute Gasteiger partial charge is 0.496 e. The van der Waals surface area contributed by atoms with Gasteiger partial charge < -0.3 is 15.2 Å². The molecule has 5 heteroatoms. The number of carbonyl (C=O) groups excluding carboxylic acids is 1. The van der Waals surface area contributed by atoms with Crippen LogP contribution >= 0.6 is 11.6 Å². The zero-order valence-electron chi connectivity index (χ0n) is 11.6. The van der Waals surface area contributed by atoms with Crippen LogP contribution in [0.5, 0.6) is 5.75 Å². The Balaban J connectivity index is 2.15. The summed E-state index contributed by atoms with van der Waals surface area (Å²) in [6, 6.07) is 12.2. The normalized spacial score (nSPS) is 10.2. The smallest absolute Gasteiger partial charge is 0.259 e. The second-order valence-corrected chi connectivity index (χ2v) is 4.91. The van der Waals surface area contributed by atoms with Gasteiger partial charge in [0.25, 0.3) is 5.91 Å². The fraction of sp³-hybridized carbons (Fsp3) is 0.188. The molecule has 0 bridgehead atoms. The Morgan fingerprint density at radius 3 is 2.57 bits per heavy atom. The summed E-state index contributed by atoms with van der Waals surface area (Å²) in [5.41, 5.74) is 2.06. The summed E-state index contributed by atoms with van der Waals surface area (Å²) in [5.74, 6) is 0.179. The van der Waals surface area contributed by atoms with E-state index in [1.807, 2.05) is 12.1 Å². The molecule has 21 heavy (non-hydrogen) atoms. The van der Waals surface area contributed by atoms with Gasteiger partial charge >= 0.3 is 0 Å². The highest BCUT2D eigenvalue weighted by Gasteiger charge is 2.13. The maximum atomic E-state index is 12.3. The highest BCUT2D eigenvalue weighted by molar-refractivity contribution is 6.31. The molecule has 0 radical (unpaired) electrons. The van der Waals surface area contributed by atoms with Crippen molar-refractivity contribution in [2.24, 2.45) is 0 Å². The summed E-state index contributed by atoms with van der Waals surface area (Å²) in [6.07, 6.45) is 0.594. The van der Waals surface area contributed by atoms with Crippen molar-refractivity contribution >= 4 is 23.2 Å². The second kappa shape index (κ2) is 7.11. The number of nitrogens with one attached hydrogen (secondary N) is 1. The van der Waals surface area contributed by atoms with Crippen molar-refractivity contribution in [3.63, 3.8) is 0 Å². The number of hydrogen-bond donors (Lipinski definition) is 2. The number of halogens is 1. The number of benzene rings is 2. The molecule has 0 spiro atoms. The molecule has 0 aliphatic carbocycles. The number of carbonyl (C=O) groups is 1. The first kappa shape index (κ1) is 15.4. The standard InChI is InChI=1S/C16H16ClNO3/c1-21-15-7-4-12(17)10-14(15)16(20)18-13-5-2-11(3-6-13)8-9-19/h2-7,10,19H,8-9H2,1H3,(H,18,20). The van der Waals surface area contributed by atoms with Crippen LogP contribution in [0.15, 0.2) is 42.5 Å². The number of aliphatic hydroxyl groups is 1. The lowest BCUT2D eigenvalue weighted by Gasteiger charge is -2.10. The van der Waals surface area contributed by atoms with Gasteiger partial charge in [0, 0.05) is 17.3 Å². The predicted octanol–water partition coefficient (Wildman–Crippen LogP) is 3.14. The average molecular weight is 306 g/mol. The number of methoxy groups -OCH3 is 1. The van der Waals surface area contributed by atoms with Gasteiger partial charge in [0.15, 0.2) is 0 Å². The third kappa shape index (κ3) is 3.97. The predicted molar refractivity (Wildman–Crippen MR) is 83.2 cm³/mol. The van der Waals surface area contributed by atoms with Crippen LogP contribution < -0.4 is 10.1 Å². The third-order valence-electron chi connectivity index (χ3n) is 3.02. The minimum Gasteiger partial charge on any atom is -0.496 e. The summed E-state index contributed by atoms with van der Waals surface area (Å²) in [4.78, 5) is 12.3. The molecule has 2 rings (SSSR count). The molecule has 2 N–H and O–H groups in total. The van der Waals surface area contributed by atoms with Crippen LogP contribution in [0, 0.1) is 0 Å². The van der Waals surface area contributed by atoms with Gasteiger partial charge in [-0.15, -0.1) is 0 Å². The molecule has 0 unspecified atom stereocenters. The molecule has 110 valence electrons. The van der Waals surface area contributed by atoms with Crippen LogP contribution in [0.3, 0.4) is 0 Å². The molecule has 1 amide bonds. The summed E-state index contributed by atoms with van der Waals surface area (Å²) in [7, 11) is 1.50. The third-order valence-corrected chi connectivity index (χ3v) is 3.25. The van der Waals surface area contributed by atoms with Crippen molar-refractivity contribution in [3.8, 4) is 5.75 Å². The molecule has 0 heterocycles. The first-order chi connectivity index (χ1) is 10.1. The van der Waals surface area contributed by atoms with Gasteiger partial charge in [0.05, 0.1) is 12.7 Å². The van der Waals surface area contributed by atoms with Crippen LogP contribution in [-0.4, -0.2) is 24.7 Å². The highest BCUT2D eigenvalue weighted by Crippen LogP contribution is 2.23. The fourth-order valence-corrected chi connectivity index (χ4v) is 2.11. The van der Waals surface area contributed by atoms with Crippen molar-refractivity contribution in [2.75, 3.05) is 19.0 Å². The molecular weight excluding hydrogens is 290 g/mol. The number of aliphatic hydroxyl groups excluding tert-OH is 1. The van der Waals surface area contributed by atoms with E-state index in [2.05, 4.69) is 5.32 Å². The van der Waals surface area contributed by atoms with Gasteiger partial charge in [-0.25, -0.2) is 0 Å². The lowest BCUT2D eigenvalue weighted by Crippen LogP contribution is -2.13. The van der Waals surface area contributed by atoms with Crippen LogP contribution in [-0.2, 0) is 6.42 Å². The number of rotatable bonds is 5. The van der Waals surface area contributed by atoms with Gasteiger partial charge in [-0.2, -0.15) is 0 Å². The van der Waals surface area contributed by atoms with Crippen molar-refractivity contribution in [3.05, 3.63) is 58.6 Å². The molecule has 0 aromatic heterocycles. The number of amides is 1. The second-order valence-electron chi connectivity index (χ2n) is 4.47. The Morgan fingerprint density at radius 2 is 1.95 bits per heavy atom. The number of hydrogen-bond acceptors (Lipinski definition) is 3. The Kier molecular flexibility index (Phi) is 5.20. The van der Waals surface area contributed by atoms with Gasteiger partial charge in [-0.3, -0.25) is 4.79 Å². The van der Waals surface area contributed by atoms with Crippen molar-refractivity contribution in [2.45, 2.75) is 6.42 Å². The van der Waals surface area contributed by atoms with E-state index in [0.717, 1.165) is 5.56 Å². The minimum atomic E-state index is -0.288. The maximum Gasteiger partial charge on any atom is 0.259 e. The van der Waals surface area contributed by atoms with Crippen molar-refractivity contribution < 1.29 is 14.6 Å². The Bertz CT molecular complexity index is 626. The van der Waals surface area contributed by atoms with Crippen LogP contribution in [0.1, 0.15) is 15.9 Å². The van der Waals surface area contributed by atoms with E-state index in [9.17, 15) is 4.79 Å². The minimum absolute atomic E-state index is 0.103. The lowest BCUT2D eigenvalue weighted by molar-refractivity contribution is 0.102. The molecule has 0 saturated heterocycles. The molecule has 2 aromatic carbocycles. The first-order valence-electron chi connectivity index (χ1n) is 6.48. The molecule has 4 nitrogen and oxygen atoms in total. The molecule has 0 aliphatic rings. The van der Waals surface area contributed by atoms with Crippen LogP contribution in [0.25, 0.3) is 0 Å². The molecule has 2 aromatic rings. The SMILES string of the molecule is COc1ccc(Cl)cc1C(=O)Nc1ccc(CCO)cc1.